The second kappa shape index (κ2) is 8.82. The van der Waals surface area contributed by atoms with Crippen molar-refractivity contribution in [3.63, 3.8) is 0 Å². The van der Waals surface area contributed by atoms with Crippen LogP contribution in [0, 0.1) is 13.8 Å². The minimum absolute atomic E-state index is 0.0587. The Hall–Kier alpha value is -2.87. The van der Waals surface area contributed by atoms with E-state index in [1.807, 2.05) is 26.1 Å². The van der Waals surface area contributed by atoms with Crippen LogP contribution in [0.4, 0.5) is 20.3 Å². The predicted octanol–water partition coefficient (Wildman–Crippen LogP) is 5.51. The normalized spacial score (nSPS) is 21.5. The Kier molecular flexibility index (Phi) is 5.86. The number of benzene rings is 1. The summed E-state index contributed by atoms with van der Waals surface area (Å²) in [6.07, 6.45) is 3.07. The summed E-state index contributed by atoms with van der Waals surface area (Å²) in [6.45, 7) is 7.21. The molecule has 2 bridgehead atoms. The summed E-state index contributed by atoms with van der Waals surface area (Å²) in [5, 5.41) is 13.0. The average molecular weight is 454 g/mol. The molecule has 5 heterocycles. The number of ether oxygens (including phenoxy) is 1. The van der Waals surface area contributed by atoms with Crippen molar-refractivity contribution in [2.75, 3.05) is 23.4 Å². The molecule has 3 atom stereocenters. The lowest BCUT2D eigenvalue weighted by Crippen LogP contribution is -2.47. The highest BCUT2D eigenvalue weighted by Crippen LogP contribution is 2.34. The largest absolute Gasteiger partial charge is 0.374 e. The van der Waals surface area contributed by atoms with Gasteiger partial charge >= 0.3 is 0 Å². The number of rotatable bonds is 5. The summed E-state index contributed by atoms with van der Waals surface area (Å²) < 4.78 is 32.8. The molecular weight excluding hydrogens is 424 g/mol. The fourth-order valence-electron chi connectivity index (χ4n) is 5.14. The van der Waals surface area contributed by atoms with Gasteiger partial charge in [0.15, 0.2) is 5.82 Å². The molecule has 3 aromatic rings. The smallest absolute Gasteiger partial charge is 0.264 e. The van der Waals surface area contributed by atoms with Crippen LogP contribution in [0.5, 0.6) is 0 Å². The molecular formula is C25H29F2N5O. The Morgan fingerprint density at radius 1 is 1.15 bits per heavy atom. The maximum atomic E-state index is 13.4. The first-order valence-electron chi connectivity index (χ1n) is 11.6. The number of alkyl halides is 2. The van der Waals surface area contributed by atoms with Crippen molar-refractivity contribution in [3.05, 3.63) is 52.8 Å². The van der Waals surface area contributed by atoms with Gasteiger partial charge in [0.25, 0.3) is 6.43 Å². The van der Waals surface area contributed by atoms with Gasteiger partial charge in [-0.25, -0.2) is 8.78 Å². The number of fused-ring (bicyclic) bond motifs is 5. The van der Waals surface area contributed by atoms with Crippen LogP contribution in [-0.2, 0) is 4.74 Å². The highest BCUT2D eigenvalue weighted by atomic mass is 19.3. The first-order valence-corrected chi connectivity index (χ1v) is 11.6. The lowest BCUT2D eigenvalue weighted by Gasteiger charge is -2.38. The van der Waals surface area contributed by atoms with Crippen LogP contribution < -0.4 is 10.2 Å². The molecule has 3 fully saturated rings. The van der Waals surface area contributed by atoms with Gasteiger partial charge < -0.3 is 15.0 Å². The standard InChI is InChI=1S/C25H29F2N5O/c1-14-20(8-5-9-21(14)24(26)27)15(2)29-25-22-10-18(11-28-23(22)16(3)30-31-25)32-12-19-7-4-6-17(32)13-33-19/h5,8-11,15,17,19,24H,4,6-7,12-13H2,1-3H3,(H,29,31)/t15-,17?,19?/m1/s1. The Morgan fingerprint density at radius 3 is 2.79 bits per heavy atom. The van der Waals surface area contributed by atoms with E-state index in [9.17, 15) is 8.78 Å². The van der Waals surface area contributed by atoms with E-state index in [0.29, 0.717) is 17.4 Å². The third kappa shape index (κ3) is 4.12. The molecule has 2 aromatic heterocycles. The number of aromatic nitrogens is 3. The van der Waals surface area contributed by atoms with Crippen molar-refractivity contribution in [3.8, 4) is 0 Å². The van der Waals surface area contributed by atoms with Crippen molar-refractivity contribution in [1.29, 1.82) is 0 Å². The molecule has 1 N–H and O–H groups in total. The molecule has 1 aromatic carbocycles. The molecule has 3 aliphatic rings. The highest BCUT2D eigenvalue weighted by molar-refractivity contribution is 5.92. The summed E-state index contributed by atoms with van der Waals surface area (Å²) in [6, 6.07) is 7.29. The van der Waals surface area contributed by atoms with E-state index in [2.05, 4.69) is 26.5 Å². The van der Waals surface area contributed by atoms with Crippen LogP contribution in [0.3, 0.4) is 0 Å². The van der Waals surface area contributed by atoms with Gasteiger partial charge in [0.1, 0.15) is 0 Å². The summed E-state index contributed by atoms with van der Waals surface area (Å²) in [4.78, 5) is 7.15. The molecule has 2 unspecified atom stereocenters. The summed E-state index contributed by atoms with van der Waals surface area (Å²) >= 11 is 0. The molecule has 8 heteroatoms. The molecule has 33 heavy (non-hydrogen) atoms. The van der Waals surface area contributed by atoms with E-state index < -0.39 is 6.43 Å². The van der Waals surface area contributed by atoms with Crippen molar-refractivity contribution >= 4 is 22.4 Å². The number of nitrogens with zero attached hydrogens (tertiary/aromatic N) is 4. The molecule has 174 valence electrons. The number of hydrogen-bond acceptors (Lipinski definition) is 6. The van der Waals surface area contributed by atoms with Crippen LogP contribution in [0.15, 0.2) is 30.5 Å². The van der Waals surface area contributed by atoms with E-state index >= 15 is 0 Å². The van der Waals surface area contributed by atoms with Gasteiger partial charge in [0, 0.05) is 17.5 Å². The maximum Gasteiger partial charge on any atom is 0.264 e. The van der Waals surface area contributed by atoms with E-state index in [1.54, 1.807) is 13.0 Å². The minimum atomic E-state index is -2.50. The molecule has 0 saturated carbocycles. The average Bonchev–Trinajstić information content (AvgIpc) is 3.16. The van der Waals surface area contributed by atoms with Gasteiger partial charge in [-0.15, -0.1) is 5.10 Å². The van der Waals surface area contributed by atoms with Gasteiger partial charge in [0.05, 0.1) is 47.9 Å². The second-order valence-corrected chi connectivity index (χ2v) is 9.14. The van der Waals surface area contributed by atoms with Gasteiger partial charge in [-0.05, 0) is 57.2 Å². The van der Waals surface area contributed by atoms with E-state index in [1.165, 1.54) is 12.5 Å². The quantitative estimate of drug-likeness (QED) is 0.550. The summed E-state index contributed by atoms with van der Waals surface area (Å²) in [5.74, 6) is 0.607. The van der Waals surface area contributed by atoms with Crippen LogP contribution in [0.2, 0.25) is 0 Å². The fraction of sp³-hybridized carbons (Fsp3) is 0.480. The number of halogens is 2. The third-order valence-corrected chi connectivity index (χ3v) is 7.00. The molecule has 3 aliphatic heterocycles. The zero-order chi connectivity index (χ0) is 23.1. The van der Waals surface area contributed by atoms with Crippen molar-refractivity contribution in [2.24, 2.45) is 0 Å². The Morgan fingerprint density at radius 2 is 1.97 bits per heavy atom. The van der Waals surface area contributed by atoms with Crippen LogP contribution in [0.1, 0.15) is 61.0 Å². The summed E-state index contributed by atoms with van der Waals surface area (Å²) in [7, 11) is 0. The Bertz CT molecular complexity index is 1170. The number of aryl methyl sites for hydroxylation is 1. The molecule has 0 radical (unpaired) electrons. The first-order chi connectivity index (χ1) is 15.9. The Labute approximate surface area is 192 Å². The molecule has 0 amide bonds. The zero-order valence-electron chi connectivity index (χ0n) is 19.2. The number of anilines is 2. The molecule has 6 rings (SSSR count). The lowest BCUT2D eigenvalue weighted by atomic mass is 9.97. The minimum Gasteiger partial charge on any atom is -0.374 e. The predicted molar refractivity (Wildman–Crippen MR) is 125 cm³/mol. The van der Waals surface area contributed by atoms with E-state index in [4.69, 9.17) is 9.72 Å². The third-order valence-electron chi connectivity index (χ3n) is 7.00. The molecule has 0 aliphatic carbocycles. The zero-order valence-corrected chi connectivity index (χ0v) is 19.2. The topological polar surface area (TPSA) is 63.2 Å². The number of pyridine rings is 1. The number of hydrogen-bond donors (Lipinski definition) is 1. The fourth-order valence-corrected chi connectivity index (χ4v) is 5.14. The molecule has 0 spiro atoms. The van der Waals surface area contributed by atoms with Crippen LogP contribution >= 0.6 is 0 Å². The number of nitrogens with one attached hydrogen (secondary N) is 1. The monoisotopic (exact) mass is 453 g/mol. The molecule has 3 saturated heterocycles. The van der Waals surface area contributed by atoms with Crippen molar-refractivity contribution in [2.45, 2.75) is 64.6 Å². The van der Waals surface area contributed by atoms with E-state index in [0.717, 1.165) is 53.8 Å². The lowest BCUT2D eigenvalue weighted by molar-refractivity contribution is 0.0307. The maximum absolute atomic E-state index is 13.4. The van der Waals surface area contributed by atoms with Crippen LogP contribution in [-0.4, -0.2) is 40.5 Å². The van der Waals surface area contributed by atoms with Crippen molar-refractivity contribution in [1.82, 2.24) is 15.2 Å². The van der Waals surface area contributed by atoms with Crippen molar-refractivity contribution < 1.29 is 13.5 Å². The highest BCUT2D eigenvalue weighted by Gasteiger charge is 2.32. The second-order valence-electron chi connectivity index (χ2n) is 9.14. The van der Waals surface area contributed by atoms with Gasteiger partial charge in [-0.3, -0.25) is 4.98 Å². The molecule has 6 nitrogen and oxygen atoms in total. The Balaban J connectivity index is 1.50. The van der Waals surface area contributed by atoms with E-state index in [-0.39, 0.29) is 17.7 Å². The van der Waals surface area contributed by atoms with Crippen LogP contribution in [0.25, 0.3) is 10.9 Å². The summed E-state index contributed by atoms with van der Waals surface area (Å²) in [5.41, 5.74) is 4.07. The number of morpholine rings is 1. The van der Waals surface area contributed by atoms with Gasteiger partial charge in [-0.2, -0.15) is 5.10 Å². The first kappa shape index (κ1) is 21.9. The SMILES string of the molecule is Cc1c(C(F)F)cccc1[C@@H](C)Nc1nnc(C)c2ncc(N3CC4CCCC3CO4)cc12. The van der Waals surface area contributed by atoms with Gasteiger partial charge in [-0.1, -0.05) is 18.2 Å². The van der Waals surface area contributed by atoms with Gasteiger partial charge in [0.2, 0.25) is 0 Å².